The third-order valence-corrected chi connectivity index (χ3v) is 4.87. The number of halogens is 2. The van der Waals surface area contributed by atoms with Gasteiger partial charge in [-0.05, 0) is 73.2 Å². The number of carbonyl (C=O) groups is 1. The van der Waals surface area contributed by atoms with Crippen molar-refractivity contribution >= 4 is 36.4 Å². The Labute approximate surface area is 202 Å². The highest BCUT2D eigenvalue weighted by molar-refractivity contribution is 5.97. The van der Waals surface area contributed by atoms with Gasteiger partial charge >= 0.3 is 0 Å². The number of nitrogens with one attached hydrogen (secondary N) is 1. The number of nitrogens with two attached hydrogens (primary N) is 2. The minimum atomic E-state index is -0.685. The second-order valence-corrected chi connectivity index (χ2v) is 7.25. The molecule has 0 radical (unpaired) electrons. The van der Waals surface area contributed by atoms with Crippen molar-refractivity contribution in [3.05, 3.63) is 66.8 Å². The Morgan fingerprint density at radius 3 is 2.38 bits per heavy atom. The van der Waals surface area contributed by atoms with Gasteiger partial charge in [0.05, 0.1) is 11.7 Å². The second-order valence-electron chi connectivity index (χ2n) is 7.25. The average molecular weight is 482 g/mol. The van der Waals surface area contributed by atoms with Gasteiger partial charge < -0.3 is 27.0 Å². The molecule has 1 amide bonds. The van der Waals surface area contributed by atoms with Gasteiger partial charge in [0, 0.05) is 5.56 Å². The first-order chi connectivity index (χ1) is 14.4. The molecular formula is C24H33Cl2N3O3. The van der Waals surface area contributed by atoms with Crippen molar-refractivity contribution in [3.63, 3.8) is 0 Å². The molecule has 6 nitrogen and oxygen atoms in total. The number of aromatic hydroxyl groups is 2. The quantitative estimate of drug-likeness (QED) is 0.184. The normalized spacial score (nSPS) is 10.9. The largest absolute Gasteiger partial charge is 0.508 e. The van der Waals surface area contributed by atoms with Crippen molar-refractivity contribution in [2.45, 2.75) is 38.1 Å². The fraction of sp³-hybridized carbons (Fsp3) is 0.292. The minimum absolute atomic E-state index is 0. The molecule has 0 heterocycles. The highest BCUT2D eigenvalue weighted by Crippen LogP contribution is 2.38. The molecule has 0 aliphatic rings. The number of amides is 1. The lowest BCUT2D eigenvalue weighted by Gasteiger charge is -2.17. The van der Waals surface area contributed by atoms with Gasteiger partial charge in [-0.15, -0.1) is 38.0 Å². The molecule has 32 heavy (non-hydrogen) atoms. The highest BCUT2D eigenvalue weighted by Gasteiger charge is 2.18. The van der Waals surface area contributed by atoms with E-state index in [4.69, 9.17) is 11.5 Å². The van der Waals surface area contributed by atoms with Crippen LogP contribution in [0.1, 0.15) is 30.4 Å². The first-order valence-electron chi connectivity index (χ1n) is 10.1. The molecule has 0 bridgehead atoms. The van der Waals surface area contributed by atoms with E-state index in [2.05, 4.69) is 18.5 Å². The van der Waals surface area contributed by atoms with Crippen molar-refractivity contribution in [3.8, 4) is 22.6 Å². The second kappa shape index (κ2) is 14.5. The highest BCUT2D eigenvalue weighted by atomic mass is 35.5. The van der Waals surface area contributed by atoms with Crippen LogP contribution in [0.3, 0.4) is 0 Å². The molecule has 0 saturated heterocycles. The predicted molar refractivity (Wildman–Crippen MR) is 137 cm³/mol. The van der Waals surface area contributed by atoms with Crippen LogP contribution in [0.2, 0.25) is 0 Å². The van der Waals surface area contributed by atoms with Crippen molar-refractivity contribution in [2.75, 3.05) is 11.9 Å². The number of anilines is 1. The molecule has 2 rings (SSSR count). The lowest BCUT2D eigenvalue weighted by Crippen LogP contribution is -2.35. The summed E-state index contributed by atoms with van der Waals surface area (Å²) in [5.41, 5.74) is 14.6. The number of unbranched alkanes of at least 4 members (excludes halogenated alkanes) is 1. The number of carbonyl (C=O) groups excluding carboxylic acids is 1. The van der Waals surface area contributed by atoms with Gasteiger partial charge in [-0.25, -0.2) is 0 Å². The molecular weight excluding hydrogens is 449 g/mol. The molecule has 0 aromatic heterocycles. The number of benzene rings is 2. The number of allylic oxidation sites excluding steroid dienone is 2. The summed E-state index contributed by atoms with van der Waals surface area (Å²) in [4.78, 5) is 12.5. The Hall–Kier alpha value is -2.51. The summed E-state index contributed by atoms with van der Waals surface area (Å²) in [5, 5.41) is 23.7. The van der Waals surface area contributed by atoms with Crippen LogP contribution >= 0.6 is 24.8 Å². The summed E-state index contributed by atoms with van der Waals surface area (Å²) >= 11 is 0. The van der Waals surface area contributed by atoms with Gasteiger partial charge in [0.2, 0.25) is 5.91 Å². The maximum absolute atomic E-state index is 12.5. The predicted octanol–water partition coefficient (Wildman–Crippen LogP) is 4.46. The van der Waals surface area contributed by atoms with Crippen LogP contribution in [0.25, 0.3) is 11.1 Å². The van der Waals surface area contributed by atoms with Gasteiger partial charge in [0.25, 0.3) is 0 Å². The van der Waals surface area contributed by atoms with Gasteiger partial charge in [-0.3, -0.25) is 4.79 Å². The van der Waals surface area contributed by atoms with E-state index in [0.29, 0.717) is 42.6 Å². The summed E-state index contributed by atoms with van der Waals surface area (Å²) in [6.07, 6.45) is 6.60. The zero-order valence-electron chi connectivity index (χ0n) is 18.0. The number of rotatable bonds is 11. The molecule has 2 aromatic rings. The fourth-order valence-corrected chi connectivity index (χ4v) is 3.23. The molecule has 8 heteroatoms. The van der Waals surface area contributed by atoms with E-state index in [0.717, 1.165) is 24.0 Å². The molecule has 1 atom stereocenters. The molecule has 0 aliphatic carbocycles. The van der Waals surface area contributed by atoms with Crippen molar-refractivity contribution < 1.29 is 15.0 Å². The van der Waals surface area contributed by atoms with Crippen LogP contribution in [0.15, 0.2) is 55.6 Å². The zero-order chi connectivity index (χ0) is 22.1. The lowest BCUT2D eigenvalue weighted by atomic mass is 9.96. The molecule has 0 unspecified atom stereocenters. The van der Waals surface area contributed by atoms with Gasteiger partial charge in [-0.2, -0.15) is 0 Å². The van der Waals surface area contributed by atoms with E-state index in [1.807, 2.05) is 6.07 Å². The topological polar surface area (TPSA) is 122 Å². The molecule has 176 valence electrons. The molecule has 0 spiro atoms. The van der Waals surface area contributed by atoms with Crippen LogP contribution in [0, 0.1) is 0 Å². The first-order valence-corrected chi connectivity index (χ1v) is 10.1. The summed E-state index contributed by atoms with van der Waals surface area (Å²) < 4.78 is 0. The minimum Gasteiger partial charge on any atom is -0.508 e. The third kappa shape index (κ3) is 7.88. The van der Waals surface area contributed by atoms with Crippen molar-refractivity contribution in [1.82, 2.24) is 0 Å². The first kappa shape index (κ1) is 29.5. The Bertz CT molecular complexity index is 920. The summed E-state index contributed by atoms with van der Waals surface area (Å²) in [6.45, 7) is 8.03. The smallest absolute Gasteiger partial charge is 0.241 e. The van der Waals surface area contributed by atoms with E-state index >= 15 is 0 Å². The summed E-state index contributed by atoms with van der Waals surface area (Å²) in [7, 11) is 0. The van der Waals surface area contributed by atoms with Crippen LogP contribution in [0.4, 0.5) is 5.69 Å². The van der Waals surface area contributed by atoms with E-state index in [-0.39, 0.29) is 42.2 Å². The number of hydrogen-bond acceptors (Lipinski definition) is 5. The van der Waals surface area contributed by atoms with Gasteiger partial charge in [-0.1, -0.05) is 24.6 Å². The average Bonchev–Trinajstić information content (AvgIpc) is 2.72. The number of hydrogen-bond donors (Lipinski definition) is 5. The standard InChI is InChI=1S/C24H31N3O3.2ClH/c1-3-7-16-13-19(17-10-11-22(28)18(15-17)8-4-2)23(29)21(14-16)27-24(30)20(26)9-5-6-12-25;;/h3-4,10-11,13-15,20,28-29H,1-2,5-9,12,25-26H2,(H,27,30);2*1H/t20-;;/m0../s1. The van der Waals surface area contributed by atoms with Gasteiger partial charge in [0.15, 0.2) is 0 Å². The maximum Gasteiger partial charge on any atom is 0.241 e. The summed E-state index contributed by atoms with van der Waals surface area (Å²) in [5.74, 6) is -0.250. The van der Waals surface area contributed by atoms with Crippen molar-refractivity contribution in [1.29, 1.82) is 0 Å². The van der Waals surface area contributed by atoms with Crippen LogP contribution in [0.5, 0.6) is 11.5 Å². The van der Waals surface area contributed by atoms with Crippen LogP contribution < -0.4 is 16.8 Å². The molecule has 0 fully saturated rings. The van der Waals surface area contributed by atoms with Crippen molar-refractivity contribution in [2.24, 2.45) is 11.5 Å². The van der Waals surface area contributed by atoms with E-state index in [1.54, 1.807) is 36.4 Å². The molecule has 7 N–H and O–H groups in total. The lowest BCUT2D eigenvalue weighted by molar-refractivity contribution is -0.117. The molecule has 0 saturated carbocycles. The Morgan fingerprint density at radius 1 is 1.06 bits per heavy atom. The number of phenolic OH excluding ortho intramolecular Hbond substituents is 2. The Kier molecular flexibility index (Phi) is 13.4. The van der Waals surface area contributed by atoms with E-state index < -0.39 is 6.04 Å². The molecule has 2 aromatic carbocycles. The third-order valence-electron chi connectivity index (χ3n) is 4.87. The van der Waals surface area contributed by atoms with Crippen LogP contribution in [-0.4, -0.2) is 28.7 Å². The zero-order valence-corrected chi connectivity index (χ0v) is 19.7. The summed E-state index contributed by atoms with van der Waals surface area (Å²) in [6, 6.07) is 7.98. The Balaban J connectivity index is 0.00000480. The Morgan fingerprint density at radius 2 is 1.75 bits per heavy atom. The fourth-order valence-electron chi connectivity index (χ4n) is 3.23. The maximum atomic E-state index is 12.5. The number of phenols is 2. The van der Waals surface area contributed by atoms with Crippen LogP contribution in [-0.2, 0) is 17.6 Å². The van der Waals surface area contributed by atoms with E-state index in [9.17, 15) is 15.0 Å². The van der Waals surface area contributed by atoms with E-state index in [1.165, 1.54) is 0 Å². The SMILES string of the molecule is C=CCc1cc(NC(=O)[C@@H](N)CCCCN)c(O)c(-c2ccc(O)c(CC=C)c2)c1.Cl.Cl. The monoisotopic (exact) mass is 481 g/mol. The molecule has 0 aliphatic heterocycles. The van der Waals surface area contributed by atoms with Gasteiger partial charge in [0.1, 0.15) is 11.5 Å².